The van der Waals surface area contributed by atoms with E-state index in [1.54, 1.807) is 12.1 Å². The molecule has 4 nitrogen and oxygen atoms in total. The van der Waals surface area contributed by atoms with Crippen LogP contribution < -0.4 is 11.5 Å². The summed E-state index contributed by atoms with van der Waals surface area (Å²) in [5, 5.41) is -0.100. The van der Waals surface area contributed by atoms with Gasteiger partial charge in [0.2, 0.25) is 0 Å². The lowest BCUT2D eigenvalue weighted by Crippen LogP contribution is -2.31. The number of nitrogens with two attached hydrogens (primary N) is 2. The zero-order valence-electron chi connectivity index (χ0n) is 12.5. The van der Waals surface area contributed by atoms with E-state index in [0.717, 1.165) is 5.56 Å². The quantitative estimate of drug-likeness (QED) is 0.865. The predicted octanol–water partition coefficient (Wildman–Crippen LogP) is 2.18. The molecule has 122 valence electrons. The van der Waals surface area contributed by atoms with Gasteiger partial charge in [-0.15, -0.1) is 0 Å². The van der Waals surface area contributed by atoms with Crippen molar-refractivity contribution in [2.45, 2.75) is 16.1 Å². The SMILES string of the molecule is NCC1(CN)[C@H](c2ccccc2)[C@H]1S(=O)(=O)c1ccc(Cl)cc1. The molecule has 0 aromatic heterocycles. The summed E-state index contributed by atoms with van der Waals surface area (Å²) in [6.07, 6.45) is 0. The van der Waals surface area contributed by atoms with E-state index in [1.165, 1.54) is 12.1 Å². The lowest BCUT2D eigenvalue weighted by molar-refractivity contribution is 0.510. The van der Waals surface area contributed by atoms with Gasteiger partial charge in [-0.05, 0) is 29.8 Å². The molecular formula is C17H19ClN2O2S. The molecule has 4 N–H and O–H groups in total. The molecule has 23 heavy (non-hydrogen) atoms. The van der Waals surface area contributed by atoms with Crippen LogP contribution >= 0.6 is 11.6 Å². The smallest absolute Gasteiger partial charge is 0.182 e. The maximum absolute atomic E-state index is 13.1. The van der Waals surface area contributed by atoms with Gasteiger partial charge in [-0.25, -0.2) is 8.42 Å². The third-order valence-corrected chi connectivity index (χ3v) is 7.37. The van der Waals surface area contributed by atoms with Gasteiger partial charge in [0, 0.05) is 29.4 Å². The standard InChI is InChI=1S/C17H19ClN2O2S/c18-13-6-8-14(9-7-13)23(21,22)16-15(17(16,10-19)11-20)12-4-2-1-3-5-12/h1-9,15-16H,10-11,19-20H2/t15-,16-/m1/s1. The first-order valence-corrected chi connectivity index (χ1v) is 9.34. The van der Waals surface area contributed by atoms with Crippen LogP contribution in [0.15, 0.2) is 59.5 Å². The molecule has 6 heteroatoms. The minimum atomic E-state index is -3.53. The highest BCUT2D eigenvalue weighted by Gasteiger charge is 2.69. The molecule has 0 saturated heterocycles. The molecule has 0 spiro atoms. The number of hydrogen-bond acceptors (Lipinski definition) is 4. The fourth-order valence-electron chi connectivity index (χ4n) is 3.45. The fourth-order valence-corrected chi connectivity index (χ4v) is 6.05. The van der Waals surface area contributed by atoms with Gasteiger partial charge < -0.3 is 11.5 Å². The molecule has 1 fully saturated rings. The molecule has 0 amide bonds. The van der Waals surface area contributed by atoms with Crippen LogP contribution in [-0.4, -0.2) is 26.8 Å². The van der Waals surface area contributed by atoms with Crippen molar-refractivity contribution in [3.05, 3.63) is 65.2 Å². The summed E-state index contributed by atoms with van der Waals surface area (Å²) < 4.78 is 26.1. The highest BCUT2D eigenvalue weighted by molar-refractivity contribution is 7.92. The third-order valence-electron chi connectivity index (χ3n) is 4.77. The Hall–Kier alpha value is -1.40. The molecule has 1 aliphatic carbocycles. The fraction of sp³-hybridized carbons (Fsp3) is 0.294. The van der Waals surface area contributed by atoms with Gasteiger partial charge in [0.25, 0.3) is 0 Å². The van der Waals surface area contributed by atoms with Crippen molar-refractivity contribution < 1.29 is 8.42 Å². The van der Waals surface area contributed by atoms with E-state index in [1.807, 2.05) is 30.3 Å². The number of hydrogen-bond donors (Lipinski definition) is 2. The Balaban J connectivity index is 2.05. The maximum atomic E-state index is 13.1. The van der Waals surface area contributed by atoms with Crippen molar-refractivity contribution in [1.29, 1.82) is 0 Å². The molecule has 0 bridgehead atoms. The molecule has 2 aromatic carbocycles. The molecule has 0 unspecified atom stereocenters. The zero-order chi connectivity index (χ0) is 16.7. The third kappa shape index (κ3) is 2.58. The number of rotatable bonds is 5. The average Bonchev–Trinajstić information content (AvgIpc) is 3.27. The Kier molecular flexibility index (Phi) is 4.23. The minimum Gasteiger partial charge on any atom is -0.330 e. The molecular weight excluding hydrogens is 332 g/mol. The largest absolute Gasteiger partial charge is 0.330 e. The molecule has 2 atom stereocenters. The van der Waals surface area contributed by atoms with E-state index in [4.69, 9.17) is 23.1 Å². The van der Waals surface area contributed by atoms with Crippen LogP contribution in [0.2, 0.25) is 5.02 Å². The first-order chi connectivity index (χ1) is 11.0. The summed E-state index contributed by atoms with van der Waals surface area (Å²) in [5.74, 6) is -0.181. The Labute approximate surface area is 141 Å². The Morgan fingerprint density at radius 3 is 2.04 bits per heavy atom. The molecule has 3 rings (SSSR count). The summed E-state index contributed by atoms with van der Waals surface area (Å²) in [6, 6.07) is 15.8. The summed E-state index contributed by atoms with van der Waals surface area (Å²) in [7, 11) is -3.53. The normalized spacial score (nSPS) is 22.7. The van der Waals surface area contributed by atoms with E-state index in [2.05, 4.69) is 0 Å². The monoisotopic (exact) mass is 350 g/mol. The van der Waals surface area contributed by atoms with Crippen LogP contribution in [0.1, 0.15) is 11.5 Å². The summed E-state index contributed by atoms with van der Waals surface area (Å²) in [4.78, 5) is 0.261. The molecule has 1 aliphatic rings. The summed E-state index contributed by atoms with van der Waals surface area (Å²) in [5.41, 5.74) is 12.2. The van der Waals surface area contributed by atoms with Crippen molar-refractivity contribution in [1.82, 2.24) is 0 Å². The Morgan fingerprint density at radius 2 is 1.52 bits per heavy atom. The van der Waals surface area contributed by atoms with Crippen molar-refractivity contribution in [2.75, 3.05) is 13.1 Å². The molecule has 0 radical (unpaired) electrons. The van der Waals surface area contributed by atoms with Crippen molar-refractivity contribution in [3.8, 4) is 0 Å². The number of sulfone groups is 1. The Bertz CT molecular complexity index is 787. The molecule has 2 aromatic rings. The zero-order valence-corrected chi connectivity index (χ0v) is 14.1. The van der Waals surface area contributed by atoms with Gasteiger partial charge in [-0.1, -0.05) is 41.9 Å². The van der Waals surface area contributed by atoms with Crippen LogP contribution in [0, 0.1) is 5.41 Å². The molecule has 0 heterocycles. The minimum absolute atomic E-state index is 0.181. The van der Waals surface area contributed by atoms with Gasteiger partial charge in [-0.2, -0.15) is 0 Å². The number of benzene rings is 2. The summed E-state index contributed by atoms with van der Waals surface area (Å²) >= 11 is 5.86. The van der Waals surface area contributed by atoms with Crippen molar-refractivity contribution >= 4 is 21.4 Å². The average molecular weight is 351 g/mol. The van der Waals surface area contributed by atoms with Crippen molar-refractivity contribution in [3.63, 3.8) is 0 Å². The topological polar surface area (TPSA) is 86.2 Å². The van der Waals surface area contributed by atoms with Crippen LogP contribution in [0.25, 0.3) is 0 Å². The maximum Gasteiger partial charge on any atom is 0.182 e. The van der Waals surface area contributed by atoms with E-state index >= 15 is 0 Å². The summed E-state index contributed by atoms with van der Waals surface area (Å²) in [6.45, 7) is 0.473. The van der Waals surface area contributed by atoms with Gasteiger partial charge in [-0.3, -0.25) is 0 Å². The highest BCUT2D eigenvalue weighted by Crippen LogP contribution is 2.62. The molecule has 1 saturated carbocycles. The second kappa shape index (κ2) is 5.91. The van der Waals surface area contributed by atoms with Crippen molar-refractivity contribution in [2.24, 2.45) is 16.9 Å². The Morgan fingerprint density at radius 1 is 0.957 bits per heavy atom. The molecule has 0 aliphatic heterocycles. The van der Waals surface area contributed by atoms with Crippen LogP contribution in [0.4, 0.5) is 0 Å². The van der Waals surface area contributed by atoms with Crippen LogP contribution in [0.3, 0.4) is 0 Å². The van der Waals surface area contributed by atoms with Crippen LogP contribution in [-0.2, 0) is 9.84 Å². The van der Waals surface area contributed by atoms with Gasteiger partial charge in [0.1, 0.15) is 0 Å². The highest BCUT2D eigenvalue weighted by atomic mass is 35.5. The van der Waals surface area contributed by atoms with Crippen LogP contribution in [0.5, 0.6) is 0 Å². The number of halogens is 1. The lowest BCUT2D eigenvalue weighted by atomic mass is 9.99. The first kappa shape index (κ1) is 16.5. The van der Waals surface area contributed by atoms with E-state index < -0.39 is 20.5 Å². The van der Waals surface area contributed by atoms with Gasteiger partial charge >= 0.3 is 0 Å². The van der Waals surface area contributed by atoms with Gasteiger partial charge in [0.05, 0.1) is 10.1 Å². The first-order valence-electron chi connectivity index (χ1n) is 7.42. The van der Waals surface area contributed by atoms with Gasteiger partial charge in [0.15, 0.2) is 9.84 Å². The van der Waals surface area contributed by atoms with E-state index in [-0.39, 0.29) is 23.9 Å². The van der Waals surface area contributed by atoms with E-state index in [9.17, 15) is 8.42 Å². The predicted molar refractivity (Wildman–Crippen MR) is 92.2 cm³/mol. The van der Waals surface area contributed by atoms with E-state index in [0.29, 0.717) is 5.02 Å². The second-order valence-corrected chi connectivity index (χ2v) is 8.46. The lowest BCUT2D eigenvalue weighted by Gasteiger charge is -2.13. The second-order valence-electron chi connectivity index (χ2n) is 5.95.